The molecule has 0 saturated carbocycles. The highest BCUT2D eigenvalue weighted by Gasteiger charge is 1.99. The van der Waals surface area contributed by atoms with Gasteiger partial charge < -0.3 is 0 Å². The summed E-state index contributed by atoms with van der Waals surface area (Å²) in [6.07, 6.45) is 3.13. The topological polar surface area (TPSA) is 18.5 Å². The van der Waals surface area contributed by atoms with Gasteiger partial charge >= 0.3 is 0 Å². The van der Waals surface area contributed by atoms with Gasteiger partial charge in [-0.05, 0) is 12.0 Å². The van der Waals surface area contributed by atoms with E-state index in [9.17, 15) is 0 Å². The van der Waals surface area contributed by atoms with Gasteiger partial charge in [0.15, 0.2) is 0 Å². The van der Waals surface area contributed by atoms with Crippen molar-refractivity contribution in [3.8, 4) is 0 Å². The van der Waals surface area contributed by atoms with Crippen LogP contribution in [-0.4, -0.2) is 13.2 Å². The number of rotatable bonds is 1. The van der Waals surface area contributed by atoms with Gasteiger partial charge in [-0.3, -0.25) is 0 Å². The Morgan fingerprint density at radius 2 is 2.50 bits per heavy atom. The molecule has 0 aliphatic carbocycles. The second-order valence-electron chi connectivity index (χ2n) is 1.76. The first-order valence-electron chi connectivity index (χ1n) is 2.86. The minimum absolute atomic E-state index is 0.614. The average molecular weight is 114 g/mol. The molecule has 0 aromatic heterocycles. The van der Waals surface area contributed by atoms with Crippen LogP contribution in [0.5, 0.6) is 0 Å². The molecule has 0 spiro atoms. The smallest absolute Gasteiger partial charge is 0.103 e. The zero-order valence-electron chi connectivity index (χ0n) is 5.02. The minimum atomic E-state index is 0.614. The van der Waals surface area contributed by atoms with Crippen LogP contribution in [0.25, 0.3) is 0 Å². The Labute approximate surface area is 49.0 Å². The van der Waals surface area contributed by atoms with Crippen molar-refractivity contribution >= 4 is 0 Å². The maximum absolute atomic E-state index is 4.70. The van der Waals surface area contributed by atoms with Crippen LogP contribution in [0.4, 0.5) is 0 Å². The van der Waals surface area contributed by atoms with Gasteiger partial charge in [-0.2, -0.15) is 0 Å². The molecule has 0 bridgehead atoms. The van der Waals surface area contributed by atoms with E-state index in [0.29, 0.717) is 13.2 Å². The highest BCUT2D eigenvalue weighted by Crippen LogP contribution is 2.05. The largest absolute Gasteiger partial charge is 0.232 e. The lowest BCUT2D eigenvalue weighted by Crippen LogP contribution is -2.06. The van der Waals surface area contributed by atoms with Gasteiger partial charge in [-0.25, -0.2) is 9.78 Å². The van der Waals surface area contributed by atoms with Gasteiger partial charge in [-0.1, -0.05) is 13.0 Å². The first-order chi connectivity index (χ1) is 3.93. The molecule has 2 nitrogen and oxygen atoms in total. The molecular weight excluding hydrogens is 104 g/mol. The van der Waals surface area contributed by atoms with Gasteiger partial charge in [0.1, 0.15) is 13.2 Å². The molecule has 1 aliphatic rings. The van der Waals surface area contributed by atoms with Gasteiger partial charge in [-0.15, -0.1) is 0 Å². The summed E-state index contributed by atoms with van der Waals surface area (Å²) in [5.41, 5.74) is 1.33. The van der Waals surface area contributed by atoms with Crippen molar-refractivity contribution < 1.29 is 9.78 Å². The first-order valence-corrected chi connectivity index (χ1v) is 2.86. The molecule has 0 saturated heterocycles. The predicted molar refractivity (Wildman–Crippen MR) is 30.3 cm³/mol. The maximum Gasteiger partial charge on any atom is 0.103 e. The molecule has 0 aromatic rings. The summed E-state index contributed by atoms with van der Waals surface area (Å²) in [4.78, 5) is 9.33. The van der Waals surface area contributed by atoms with Crippen molar-refractivity contribution in [2.45, 2.75) is 13.3 Å². The molecular formula is C6H10O2. The summed E-state index contributed by atoms with van der Waals surface area (Å²) in [5.74, 6) is 0. The minimum Gasteiger partial charge on any atom is -0.232 e. The van der Waals surface area contributed by atoms with E-state index in [0.717, 1.165) is 6.42 Å². The zero-order valence-corrected chi connectivity index (χ0v) is 5.02. The highest BCUT2D eigenvalue weighted by molar-refractivity contribution is 5.02. The molecule has 46 valence electrons. The van der Waals surface area contributed by atoms with Crippen LogP contribution in [0.1, 0.15) is 13.3 Å². The highest BCUT2D eigenvalue weighted by atomic mass is 17.2. The molecule has 0 atom stereocenters. The summed E-state index contributed by atoms with van der Waals surface area (Å²) in [5, 5.41) is 0. The SMILES string of the molecule is CCC1=CCOOC1. The maximum atomic E-state index is 4.70. The second kappa shape index (κ2) is 2.84. The van der Waals surface area contributed by atoms with Gasteiger partial charge in [0.25, 0.3) is 0 Å². The van der Waals surface area contributed by atoms with Crippen LogP contribution in [0.15, 0.2) is 11.6 Å². The Morgan fingerprint density at radius 3 is 2.88 bits per heavy atom. The van der Waals surface area contributed by atoms with E-state index in [1.165, 1.54) is 5.57 Å². The van der Waals surface area contributed by atoms with Crippen LogP contribution in [0.3, 0.4) is 0 Å². The first kappa shape index (κ1) is 5.79. The molecule has 1 heterocycles. The Balaban J connectivity index is 2.37. The quantitative estimate of drug-likeness (QED) is 0.377. The monoisotopic (exact) mass is 114 g/mol. The molecule has 0 N–H and O–H groups in total. The van der Waals surface area contributed by atoms with E-state index < -0.39 is 0 Å². The standard InChI is InChI=1S/C6H10O2/c1-2-6-3-4-7-8-5-6/h3H,2,4-5H2,1H3. The van der Waals surface area contributed by atoms with Gasteiger partial charge in [0, 0.05) is 0 Å². The fraction of sp³-hybridized carbons (Fsp3) is 0.667. The van der Waals surface area contributed by atoms with Crippen molar-refractivity contribution in [3.63, 3.8) is 0 Å². The lowest BCUT2D eigenvalue weighted by atomic mass is 10.2. The normalized spacial score (nSPS) is 20.4. The summed E-state index contributed by atoms with van der Waals surface area (Å²) >= 11 is 0. The van der Waals surface area contributed by atoms with Crippen LogP contribution >= 0.6 is 0 Å². The van der Waals surface area contributed by atoms with Crippen LogP contribution in [0.2, 0.25) is 0 Å². The molecule has 1 aliphatic heterocycles. The third kappa shape index (κ3) is 1.32. The summed E-state index contributed by atoms with van der Waals surface area (Å²) in [7, 11) is 0. The predicted octanol–water partition coefficient (Wildman–Crippen LogP) is 1.28. The van der Waals surface area contributed by atoms with Crippen molar-refractivity contribution in [2.24, 2.45) is 0 Å². The number of hydrogen-bond donors (Lipinski definition) is 0. The van der Waals surface area contributed by atoms with Crippen molar-refractivity contribution in [2.75, 3.05) is 13.2 Å². The van der Waals surface area contributed by atoms with E-state index >= 15 is 0 Å². The van der Waals surface area contributed by atoms with Gasteiger partial charge in [0.2, 0.25) is 0 Å². The van der Waals surface area contributed by atoms with Crippen LogP contribution in [-0.2, 0) is 9.78 Å². The summed E-state index contributed by atoms with van der Waals surface area (Å²) in [6.45, 7) is 3.38. The number of hydrogen-bond acceptors (Lipinski definition) is 2. The molecule has 0 fully saturated rings. The van der Waals surface area contributed by atoms with E-state index in [1.54, 1.807) is 0 Å². The van der Waals surface area contributed by atoms with E-state index in [-0.39, 0.29) is 0 Å². The molecule has 0 radical (unpaired) electrons. The second-order valence-corrected chi connectivity index (χ2v) is 1.76. The van der Waals surface area contributed by atoms with Crippen molar-refractivity contribution in [1.29, 1.82) is 0 Å². The molecule has 1 rings (SSSR count). The van der Waals surface area contributed by atoms with E-state index in [1.807, 2.05) is 0 Å². The third-order valence-corrected chi connectivity index (χ3v) is 1.22. The lowest BCUT2D eigenvalue weighted by molar-refractivity contribution is -0.286. The fourth-order valence-electron chi connectivity index (χ4n) is 0.623. The van der Waals surface area contributed by atoms with Gasteiger partial charge in [0.05, 0.1) is 0 Å². The van der Waals surface area contributed by atoms with Crippen molar-refractivity contribution in [3.05, 3.63) is 11.6 Å². The summed E-state index contributed by atoms with van der Waals surface area (Å²) < 4.78 is 0. The lowest BCUT2D eigenvalue weighted by Gasteiger charge is -2.09. The fourth-order valence-corrected chi connectivity index (χ4v) is 0.623. The zero-order chi connectivity index (χ0) is 5.82. The molecule has 0 aromatic carbocycles. The molecule has 0 amide bonds. The Hall–Kier alpha value is -0.340. The molecule has 8 heavy (non-hydrogen) atoms. The van der Waals surface area contributed by atoms with Crippen molar-refractivity contribution in [1.82, 2.24) is 0 Å². The van der Waals surface area contributed by atoms with E-state index in [4.69, 9.17) is 4.89 Å². The molecule has 0 unspecified atom stereocenters. The third-order valence-electron chi connectivity index (χ3n) is 1.22. The average Bonchev–Trinajstić information content (AvgIpc) is 1.90. The van der Waals surface area contributed by atoms with Crippen LogP contribution < -0.4 is 0 Å². The van der Waals surface area contributed by atoms with Crippen LogP contribution in [0, 0.1) is 0 Å². The Kier molecular flexibility index (Phi) is 2.06. The Morgan fingerprint density at radius 1 is 1.62 bits per heavy atom. The van der Waals surface area contributed by atoms with E-state index in [2.05, 4.69) is 17.9 Å². The molecule has 2 heteroatoms. The summed E-state index contributed by atoms with van der Waals surface area (Å²) in [6, 6.07) is 0. The Bertz CT molecular complexity index is 96.7.